The first-order valence-electron chi connectivity index (χ1n) is 8.50. The van der Waals surface area contributed by atoms with Crippen molar-refractivity contribution >= 4 is 5.91 Å². The number of hydrogen-bond acceptors (Lipinski definition) is 3. The Bertz CT molecular complexity index is 531. The van der Waals surface area contributed by atoms with E-state index in [1.165, 1.54) is 6.42 Å². The zero-order chi connectivity index (χ0) is 17.3. The smallest absolute Gasteiger partial charge is 0.265 e. The molecule has 0 radical (unpaired) electrons. The summed E-state index contributed by atoms with van der Waals surface area (Å²) in [5.74, 6) is 0.722. The Morgan fingerprint density at radius 3 is 2.09 bits per heavy atom. The molecular formula is C19H30N2O2. The summed E-state index contributed by atoms with van der Waals surface area (Å²) in [4.78, 5) is 12.6. The van der Waals surface area contributed by atoms with Crippen LogP contribution in [0.4, 0.5) is 0 Å². The molecule has 23 heavy (non-hydrogen) atoms. The van der Waals surface area contributed by atoms with E-state index >= 15 is 0 Å². The van der Waals surface area contributed by atoms with Gasteiger partial charge in [-0.15, -0.1) is 0 Å². The van der Waals surface area contributed by atoms with Crippen LogP contribution >= 0.6 is 0 Å². The number of amides is 1. The van der Waals surface area contributed by atoms with Crippen LogP contribution in [0, 0.1) is 0 Å². The fraction of sp³-hybridized carbons (Fsp3) is 0.632. The standard InChI is InChI=1S/C19H30N2O2/c1-14(2)23-16-10-8-15(9-11-16)17(22)20-21-18(3,4)12-7-13-19(21,5)6/h8-11,14H,7,12-13H2,1-6H3,(H,20,22). The molecule has 128 valence electrons. The summed E-state index contributed by atoms with van der Waals surface area (Å²) in [7, 11) is 0. The van der Waals surface area contributed by atoms with Gasteiger partial charge in [-0.3, -0.25) is 10.2 Å². The summed E-state index contributed by atoms with van der Waals surface area (Å²) < 4.78 is 5.62. The van der Waals surface area contributed by atoms with Crippen molar-refractivity contribution in [3.63, 3.8) is 0 Å². The SMILES string of the molecule is CC(C)Oc1ccc(C(=O)NN2C(C)(C)CCCC2(C)C)cc1. The second-order valence-electron chi connectivity index (χ2n) is 7.95. The van der Waals surface area contributed by atoms with Crippen molar-refractivity contribution in [2.75, 3.05) is 0 Å². The highest BCUT2D eigenvalue weighted by Crippen LogP contribution is 2.36. The molecule has 1 aromatic carbocycles. The number of benzene rings is 1. The molecule has 2 rings (SSSR count). The molecule has 1 aliphatic rings. The summed E-state index contributed by atoms with van der Waals surface area (Å²) >= 11 is 0. The molecule has 0 saturated carbocycles. The van der Waals surface area contributed by atoms with Crippen LogP contribution < -0.4 is 10.2 Å². The van der Waals surface area contributed by atoms with Crippen LogP contribution in [0.1, 0.15) is 71.2 Å². The monoisotopic (exact) mass is 318 g/mol. The summed E-state index contributed by atoms with van der Waals surface area (Å²) in [5, 5.41) is 2.13. The highest BCUT2D eigenvalue weighted by Gasteiger charge is 2.42. The van der Waals surface area contributed by atoms with Crippen molar-refractivity contribution in [3.8, 4) is 5.75 Å². The maximum Gasteiger partial charge on any atom is 0.265 e. The largest absolute Gasteiger partial charge is 0.491 e. The van der Waals surface area contributed by atoms with Crippen LogP contribution in [-0.4, -0.2) is 28.1 Å². The highest BCUT2D eigenvalue weighted by atomic mass is 16.5. The second-order valence-corrected chi connectivity index (χ2v) is 7.95. The van der Waals surface area contributed by atoms with Gasteiger partial charge < -0.3 is 4.74 Å². The molecule has 0 atom stereocenters. The van der Waals surface area contributed by atoms with Gasteiger partial charge in [0.15, 0.2) is 0 Å². The first-order valence-corrected chi connectivity index (χ1v) is 8.50. The Hall–Kier alpha value is -1.55. The lowest BCUT2D eigenvalue weighted by Gasteiger charge is -2.52. The number of rotatable bonds is 4. The third-order valence-electron chi connectivity index (χ3n) is 4.49. The van der Waals surface area contributed by atoms with Crippen LogP contribution in [0.25, 0.3) is 0 Å². The van der Waals surface area contributed by atoms with Crippen molar-refractivity contribution in [3.05, 3.63) is 29.8 Å². The molecule has 1 amide bonds. The van der Waals surface area contributed by atoms with E-state index < -0.39 is 0 Å². The van der Waals surface area contributed by atoms with E-state index in [0.29, 0.717) is 5.56 Å². The summed E-state index contributed by atoms with van der Waals surface area (Å²) in [6, 6.07) is 7.33. The van der Waals surface area contributed by atoms with Crippen LogP contribution in [0.3, 0.4) is 0 Å². The summed E-state index contributed by atoms with van der Waals surface area (Å²) in [6.45, 7) is 12.7. The Morgan fingerprint density at radius 2 is 1.61 bits per heavy atom. The molecule has 0 bridgehead atoms. The molecule has 4 heteroatoms. The highest BCUT2D eigenvalue weighted by molar-refractivity contribution is 5.94. The first-order chi connectivity index (χ1) is 10.6. The van der Waals surface area contributed by atoms with E-state index in [9.17, 15) is 4.79 Å². The normalized spacial score (nSPS) is 20.3. The zero-order valence-corrected chi connectivity index (χ0v) is 15.3. The van der Waals surface area contributed by atoms with Gasteiger partial charge in [-0.2, -0.15) is 0 Å². The Morgan fingerprint density at radius 1 is 1.09 bits per heavy atom. The molecule has 1 fully saturated rings. The van der Waals surface area contributed by atoms with Crippen molar-refractivity contribution in [1.29, 1.82) is 0 Å². The fourth-order valence-corrected chi connectivity index (χ4v) is 3.42. The number of carbonyl (C=O) groups excluding carboxylic acids is 1. The molecule has 4 nitrogen and oxygen atoms in total. The van der Waals surface area contributed by atoms with Gasteiger partial charge in [0, 0.05) is 16.6 Å². The molecule has 0 unspecified atom stereocenters. The average Bonchev–Trinajstić information content (AvgIpc) is 2.42. The summed E-state index contributed by atoms with van der Waals surface area (Å²) in [5.41, 5.74) is 3.69. The molecule has 0 aliphatic carbocycles. The number of ether oxygens (including phenoxy) is 1. The van der Waals surface area contributed by atoms with Crippen molar-refractivity contribution in [2.24, 2.45) is 0 Å². The minimum absolute atomic E-state index is 0.0435. The van der Waals surface area contributed by atoms with Gasteiger partial charge in [-0.25, -0.2) is 5.01 Å². The van der Waals surface area contributed by atoms with Crippen LogP contribution in [0.15, 0.2) is 24.3 Å². The van der Waals surface area contributed by atoms with Crippen molar-refractivity contribution in [2.45, 2.75) is 78.0 Å². The van der Waals surface area contributed by atoms with Gasteiger partial charge in [0.1, 0.15) is 5.75 Å². The lowest BCUT2D eigenvalue weighted by Crippen LogP contribution is -2.65. The molecule has 0 spiro atoms. The minimum atomic E-state index is -0.0656. The Kier molecular flexibility index (Phi) is 5.04. The van der Waals surface area contributed by atoms with E-state index in [1.54, 1.807) is 0 Å². The Balaban J connectivity index is 2.11. The number of piperidine rings is 1. The molecule has 1 aliphatic heterocycles. The predicted molar refractivity (Wildman–Crippen MR) is 93.5 cm³/mol. The van der Waals surface area contributed by atoms with Gasteiger partial charge >= 0.3 is 0 Å². The zero-order valence-electron chi connectivity index (χ0n) is 15.3. The van der Waals surface area contributed by atoms with Gasteiger partial charge in [-0.05, 0) is 85.1 Å². The molecule has 1 aromatic rings. The third kappa shape index (κ3) is 4.25. The molecule has 1 N–H and O–H groups in total. The minimum Gasteiger partial charge on any atom is -0.491 e. The molecule has 0 aromatic heterocycles. The average molecular weight is 318 g/mol. The third-order valence-corrected chi connectivity index (χ3v) is 4.49. The number of nitrogens with one attached hydrogen (secondary N) is 1. The van der Waals surface area contributed by atoms with Crippen LogP contribution in [0.5, 0.6) is 5.75 Å². The van der Waals surface area contributed by atoms with E-state index in [-0.39, 0.29) is 23.1 Å². The van der Waals surface area contributed by atoms with E-state index in [0.717, 1.165) is 18.6 Å². The first kappa shape index (κ1) is 17.8. The van der Waals surface area contributed by atoms with Gasteiger partial charge in [0.2, 0.25) is 0 Å². The lowest BCUT2D eigenvalue weighted by molar-refractivity contribution is -0.0612. The molecule has 1 heterocycles. The number of hydrazine groups is 1. The Labute approximate surface area is 140 Å². The van der Waals surface area contributed by atoms with Gasteiger partial charge in [0.25, 0.3) is 5.91 Å². The van der Waals surface area contributed by atoms with Crippen molar-refractivity contribution in [1.82, 2.24) is 10.4 Å². The topological polar surface area (TPSA) is 41.6 Å². The predicted octanol–water partition coefficient (Wildman–Crippen LogP) is 4.16. The van der Waals surface area contributed by atoms with E-state index in [1.807, 2.05) is 38.1 Å². The van der Waals surface area contributed by atoms with Gasteiger partial charge in [0.05, 0.1) is 6.10 Å². The molecular weight excluding hydrogens is 288 g/mol. The number of hydrogen-bond donors (Lipinski definition) is 1. The maximum absolute atomic E-state index is 12.6. The number of nitrogens with zero attached hydrogens (tertiary/aromatic N) is 1. The quantitative estimate of drug-likeness (QED) is 0.906. The van der Waals surface area contributed by atoms with Crippen molar-refractivity contribution < 1.29 is 9.53 Å². The lowest BCUT2D eigenvalue weighted by atomic mass is 9.81. The second kappa shape index (κ2) is 6.52. The van der Waals surface area contributed by atoms with Crippen LogP contribution in [-0.2, 0) is 0 Å². The molecule has 1 saturated heterocycles. The summed E-state index contributed by atoms with van der Waals surface area (Å²) in [6.07, 6.45) is 3.48. The van der Waals surface area contributed by atoms with Gasteiger partial charge in [-0.1, -0.05) is 0 Å². The van der Waals surface area contributed by atoms with E-state index in [2.05, 4.69) is 38.1 Å². The van der Waals surface area contributed by atoms with E-state index in [4.69, 9.17) is 4.74 Å². The fourth-order valence-electron chi connectivity index (χ4n) is 3.42. The maximum atomic E-state index is 12.6. The van der Waals surface area contributed by atoms with Crippen LogP contribution in [0.2, 0.25) is 0 Å². The number of carbonyl (C=O) groups is 1.